The fourth-order valence-electron chi connectivity index (χ4n) is 3.66. The van der Waals surface area contributed by atoms with Crippen molar-refractivity contribution in [3.05, 3.63) is 0 Å². The highest BCUT2D eigenvalue weighted by atomic mass is 16.5. The average molecular weight is 239 g/mol. The Balaban J connectivity index is 1.89. The molecule has 0 aromatic heterocycles. The Morgan fingerprint density at radius 2 is 2.12 bits per heavy atom. The third kappa shape index (κ3) is 3.45. The van der Waals surface area contributed by atoms with Gasteiger partial charge in [-0.1, -0.05) is 33.1 Å². The molecule has 0 aromatic rings. The Morgan fingerprint density at radius 1 is 1.24 bits per heavy atom. The zero-order valence-corrected chi connectivity index (χ0v) is 11.6. The van der Waals surface area contributed by atoms with E-state index in [1.165, 1.54) is 51.4 Å². The lowest BCUT2D eigenvalue weighted by atomic mass is 9.72. The van der Waals surface area contributed by atoms with Crippen LogP contribution in [0.1, 0.15) is 65.2 Å². The maximum atomic E-state index is 6.21. The van der Waals surface area contributed by atoms with E-state index in [-0.39, 0.29) is 5.60 Å². The fraction of sp³-hybridized carbons (Fsp3) is 1.00. The number of hydrogen-bond acceptors (Lipinski definition) is 2. The van der Waals surface area contributed by atoms with Crippen molar-refractivity contribution >= 4 is 0 Å². The highest BCUT2D eigenvalue weighted by molar-refractivity contribution is 4.94. The molecule has 0 bridgehead atoms. The zero-order valence-electron chi connectivity index (χ0n) is 11.6. The molecule has 2 heteroatoms. The van der Waals surface area contributed by atoms with Gasteiger partial charge in [0.25, 0.3) is 0 Å². The fourth-order valence-corrected chi connectivity index (χ4v) is 3.66. The number of rotatable bonds is 4. The summed E-state index contributed by atoms with van der Waals surface area (Å²) >= 11 is 0. The molecule has 3 unspecified atom stereocenters. The largest absolute Gasteiger partial charge is 0.375 e. The van der Waals surface area contributed by atoms with E-state index in [1.807, 2.05) is 0 Å². The van der Waals surface area contributed by atoms with Crippen LogP contribution < -0.4 is 5.32 Å². The molecule has 1 N–H and O–H groups in total. The lowest BCUT2D eigenvalue weighted by Gasteiger charge is -2.46. The first kappa shape index (κ1) is 13.4. The molecule has 1 spiro atoms. The van der Waals surface area contributed by atoms with Crippen molar-refractivity contribution < 1.29 is 4.74 Å². The second-order valence-corrected chi connectivity index (χ2v) is 6.05. The maximum absolute atomic E-state index is 6.21. The first-order chi connectivity index (χ1) is 8.28. The van der Waals surface area contributed by atoms with E-state index >= 15 is 0 Å². The second-order valence-electron chi connectivity index (χ2n) is 6.05. The Morgan fingerprint density at radius 3 is 2.88 bits per heavy atom. The Labute approximate surface area is 107 Å². The third-order valence-electron chi connectivity index (χ3n) is 4.66. The molecular weight excluding hydrogens is 210 g/mol. The minimum Gasteiger partial charge on any atom is -0.375 e. The van der Waals surface area contributed by atoms with Gasteiger partial charge in [0, 0.05) is 12.6 Å². The molecular formula is C15H29NO. The van der Waals surface area contributed by atoms with Crippen LogP contribution in [0, 0.1) is 5.92 Å². The summed E-state index contributed by atoms with van der Waals surface area (Å²) in [6.45, 7) is 6.71. The minimum atomic E-state index is 0.239. The summed E-state index contributed by atoms with van der Waals surface area (Å²) in [6.07, 6.45) is 10.4. The first-order valence-corrected chi connectivity index (χ1v) is 7.65. The molecule has 1 aliphatic heterocycles. The number of ether oxygens (including phenoxy) is 1. The van der Waals surface area contributed by atoms with Gasteiger partial charge in [-0.2, -0.15) is 0 Å². The molecule has 2 rings (SSSR count). The molecule has 17 heavy (non-hydrogen) atoms. The van der Waals surface area contributed by atoms with Gasteiger partial charge in [-0.3, -0.25) is 0 Å². The smallest absolute Gasteiger partial charge is 0.0700 e. The molecule has 3 atom stereocenters. The van der Waals surface area contributed by atoms with Gasteiger partial charge in [-0.05, 0) is 44.6 Å². The minimum absolute atomic E-state index is 0.239. The van der Waals surface area contributed by atoms with Gasteiger partial charge in [0.2, 0.25) is 0 Å². The van der Waals surface area contributed by atoms with Crippen molar-refractivity contribution in [3.8, 4) is 0 Å². The van der Waals surface area contributed by atoms with Crippen LogP contribution in [0.3, 0.4) is 0 Å². The van der Waals surface area contributed by atoms with Crippen LogP contribution in [0.5, 0.6) is 0 Å². The summed E-state index contributed by atoms with van der Waals surface area (Å²) in [7, 11) is 0. The lowest BCUT2D eigenvalue weighted by molar-refractivity contribution is -0.120. The molecule has 1 saturated heterocycles. The Hall–Kier alpha value is -0.0800. The molecule has 100 valence electrons. The van der Waals surface area contributed by atoms with Crippen LogP contribution in [0.15, 0.2) is 0 Å². The van der Waals surface area contributed by atoms with Gasteiger partial charge in [0.1, 0.15) is 0 Å². The predicted molar refractivity (Wildman–Crippen MR) is 72.2 cm³/mol. The molecule has 0 radical (unpaired) electrons. The molecule has 2 aliphatic rings. The van der Waals surface area contributed by atoms with Crippen LogP contribution in [-0.4, -0.2) is 24.8 Å². The number of nitrogens with one attached hydrogen (secondary N) is 1. The molecule has 2 fully saturated rings. The van der Waals surface area contributed by atoms with Gasteiger partial charge in [-0.25, -0.2) is 0 Å². The Kier molecular flexibility index (Phi) is 4.87. The molecule has 0 amide bonds. The normalized spacial score (nSPS) is 38.5. The van der Waals surface area contributed by atoms with Crippen molar-refractivity contribution in [3.63, 3.8) is 0 Å². The summed E-state index contributed by atoms with van der Waals surface area (Å²) in [5.74, 6) is 0.911. The predicted octanol–water partition coefficient (Wildman–Crippen LogP) is 3.50. The quantitative estimate of drug-likeness (QED) is 0.810. The van der Waals surface area contributed by atoms with Crippen LogP contribution in [-0.2, 0) is 4.74 Å². The monoisotopic (exact) mass is 239 g/mol. The molecule has 1 saturated carbocycles. The summed E-state index contributed by atoms with van der Waals surface area (Å²) in [5, 5.41) is 3.70. The SMILES string of the molecule is CCCNC1CCOC2(CCCC(CC)C2)C1. The molecule has 0 aromatic carbocycles. The zero-order chi connectivity index (χ0) is 12.1. The van der Waals surface area contributed by atoms with Gasteiger partial charge in [-0.15, -0.1) is 0 Å². The van der Waals surface area contributed by atoms with Crippen molar-refractivity contribution in [2.45, 2.75) is 76.9 Å². The van der Waals surface area contributed by atoms with Crippen molar-refractivity contribution in [1.29, 1.82) is 0 Å². The summed E-state index contributed by atoms with van der Waals surface area (Å²) < 4.78 is 6.21. The lowest BCUT2D eigenvalue weighted by Crippen LogP contribution is -2.49. The third-order valence-corrected chi connectivity index (χ3v) is 4.66. The standard InChI is InChI=1S/C15H29NO/c1-3-9-16-14-7-10-17-15(12-14)8-5-6-13(4-2)11-15/h13-14,16H,3-12H2,1-2H3. The topological polar surface area (TPSA) is 21.3 Å². The van der Waals surface area contributed by atoms with Crippen molar-refractivity contribution in [1.82, 2.24) is 5.32 Å². The van der Waals surface area contributed by atoms with E-state index in [0.29, 0.717) is 6.04 Å². The van der Waals surface area contributed by atoms with Gasteiger partial charge >= 0.3 is 0 Å². The van der Waals surface area contributed by atoms with Crippen LogP contribution in [0.4, 0.5) is 0 Å². The van der Waals surface area contributed by atoms with Crippen LogP contribution >= 0.6 is 0 Å². The number of hydrogen-bond donors (Lipinski definition) is 1. The Bertz CT molecular complexity index is 227. The second kappa shape index (κ2) is 6.19. The van der Waals surface area contributed by atoms with Crippen molar-refractivity contribution in [2.75, 3.05) is 13.2 Å². The van der Waals surface area contributed by atoms with Gasteiger partial charge in [0.05, 0.1) is 5.60 Å². The van der Waals surface area contributed by atoms with Crippen molar-refractivity contribution in [2.24, 2.45) is 5.92 Å². The van der Waals surface area contributed by atoms with E-state index in [9.17, 15) is 0 Å². The molecule has 2 nitrogen and oxygen atoms in total. The summed E-state index contributed by atoms with van der Waals surface area (Å²) in [6, 6.07) is 0.708. The van der Waals surface area contributed by atoms with Gasteiger partial charge in [0.15, 0.2) is 0 Å². The first-order valence-electron chi connectivity index (χ1n) is 7.65. The maximum Gasteiger partial charge on any atom is 0.0700 e. The summed E-state index contributed by atoms with van der Waals surface area (Å²) in [5.41, 5.74) is 0.239. The summed E-state index contributed by atoms with van der Waals surface area (Å²) in [4.78, 5) is 0. The van der Waals surface area contributed by atoms with Crippen LogP contribution in [0.2, 0.25) is 0 Å². The van der Waals surface area contributed by atoms with Crippen LogP contribution in [0.25, 0.3) is 0 Å². The van der Waals surface area contributed by atoms with E-state index in [2.05, 4.69) is 19.2 Å². The van der Waals surface area contributed by atoms with Gasteiger partial charge < -0.3 is 10.1 Å². The highest BCUT2D eigenvalue weighted by Crippen LogP contribution is 2.42. The molecule has 1 heterocycles. The highest BCUT2D eigenvalue weighted by Gasteiger charge is 2.40. The average Bonchev–Trinajstić information content (AvgIpc) is 2.36. The van der Waals surface area contributed by atoms with E-state index in [4.69, 9.17) is 4.74 Å². The van der Waals surface area contributed by atoms with E-state index < -0.39 is 0 Å². The van der Waals surface area contributed by atoms with E-state index in [1.54, 1.807) is 0 Å². The molecule has 1 aliphatic carbocycles. The van der Waals surface area contributed by atoms with E-state index in [0.717, 1.165) is 19.1 Å².